The molecule has 0 atom stereocenters. The van der Waals surface area contributed by atoms with Crippen LogP contribution < -0.4 is 9.47 Å². The van der Waals surface area contributed by atoms with Crippen molar-refractivity contribution in [1.82, 2.24) is 9.88 Å². The maximum Gasteiger partial charge on any atom is 0.338 e. The topological polar surface area (TPSA) is 78.0 Å². The van der Waals surface area contributed by atoms with Gasteiger partial charge in [0.2, 0.25) is 6.79 Å². The van der Waals surface area contributed by atoms with Crippen molar-refractivity contribution in [1.29, 1.82) is 0 Å². The molecule has 0 aliphatic carbocycles. The van der Waals surface area contributed by atoms with Gasteiger partial charge >= 0.3 is 5.97 Å². The van der Waals surface area contributed by atoms with Gasteiger partial charge in [-0.2, -0.15) is 0 Å². The first kappa shape index (κ1) is 16.8. The molecule has 0 fully saturated rings. The van der Waals surface area contributed by atoms with E-state index in [0.717, 1.165) is 5.56 Å². The molecule has 3 rings (SSSR count). The largest absolute Gasteiger partial charge is 0.454 e. The third-order valence-corrected chi connectivity index (χ3v) is 3.79. The summed E-state index contributed by atoms with van der Waals surface area (Å²) in [5.41, 5.74) is 1.28. The summed E-state index contributed by atoms with van der Waals surface area (Å²) < 4.78 is 15.7. The smallest absolute Gasteiger partial charge is 0.338 e. The van der Waals surface area contributed by atoms with Crippen LogP contribution in [0.4, 0.5) is 0 Å². The number of ether oxygens (including phenoxy) is 3. The molecule has 1 aromatic carbocycles. The molecule has 7 nitrogen and oxygen atoms in total. The van der Waals surface area contributed by atoms with Gasteiger partial charge in [0.15, 0.2) is 18.1 Å². The number of hydrogen-bond acceptors (Lipinski definition) is 6. The zero-order valence-electron chi connectivity index (χ0n) is 13.8. The predicted molar refractivity (Wildman–Crippen MR) is 88.2 cm³/mol. The SMILES string of the molecule is CCN(Cc1ccc2c(c1)OCO2)C(=O)COC(=O)c1ccncc1. The number of carbonyl (C=O) groups excluding carboxylic acids is 2. The van der Waals surface area contributed by atoms with Crippen LogP contribution in [0.2, 0.25) is 0 Å². The molecule has 7 heteroatoms. The Morgan fingerprint density at radius 2 is 1.92 bits per heavy atom. The second kappa shape index (κ2) is 7.65. The van der Waals surface area contributed by atoms with Crippen molar-refractivity contribution in [2.75, 3.05) is 19.9 Å². The maximum absolute atomic E-state index is 12.3. The van der Waals surface area contributed by atoms with E-state index in [-0.39, 0.29) is 19.3 Å². The lowest BCUT2D eigenvalue weighted by molar-refractivity contribution is -0.134. The predicted octanol–water partition coefficient (Wildman–Crippen LogP) is 2.02. The maximum atomic E-state index is 12.3. The number of pyridine rings is 1. The second-order valence-corrected chi connectivity index (χ2v) is 5.41. The van der Waals surface area contributed by atoms with Crippen molar-refractivity contribution in [3.8, 4) is 11.5 Å². The van der Waals surface area contributed by atoms with E-state index >= 15 is 0 Å². The highest BCUT2D eigenvalue weighted by Crippen LogP contribution is 2.32. The molecule has 2 heterocycles. The summed E-state index contributed by atoms with van der Waals surface area (Å²) in [6.45, 7) is 2.67. The lowest BCUT2D eigenvalue weighted by Crippen LogP contribution is -2.34. The first-order chi connectivity index (χ1) is 12.2. The fourth-order valence-electron chi connectivity index (χ4n) is 2.43. The van der Waals surface area contributed by atoms with Gasteiger partial charge in [-0.25, -0.2) is 4.79 Å². The third-order valence-electron chi connectivity index (χ3n) is 3.79. The number of aromatic nitrogens is 1. The van der Waals surface area contributed by atoms with E-state index in [2.05, 4.69) is 4.98 Å². The van der Waals surface area contributed by atoms with Crippen LogP contribution in [0.1, 0.15) is 22.8 Å². The normalized spacial score (nSPS) is 11.9. The van der Waals surface area contributed by atoms with Gasteiger partial charge < -0.3 is 19.1 Å². The van der Waals surface area contributed by atoms with E-state index in [1.807, 2.05) is 25.1 Å². The molecule has 0 spiro atoms. The Labute approximate surface area is 145 Å². The summed E-state index contributed by atoms with van der Waals surface area (Å²) in [6.07, 6.45) is 2.99. The van der Waals surface area contributed by atoms with E-state index in [1.54, 1.807) is 4.90 Å². The molecule has 25 heavy (non-hydrogen) atoms. The Morgan fingerprint density at radius 1 is 1.16 bits per heavy atom. The Morgan fingerprint density at radius 3 is 2.68 bits per heavy atom. The average molecular weight is 342 g/mol. The Kier molecular flexibility index (Phi) is 5.13. The van der Waals surface area contributed by atoms with Gasteiger partial charge in [0.05, 0.1) is 5.56 Å². The number of likely N-dealkylation sites (N-methyl/N-ethyl adjacent to an activating group) is 1. The van der Waals surface area contributed by atoms with Crippen LogP contribution in [0.5, 0.6) is 11.5 Å². The zero-order valence-corrected chi connectivity index (χ0v) is 13.8. The summed E-state index contributed by atoms with van der Waals surface area (Å²) >= 11 is 0. The molecule has 1 aromatic heterocycles. The van der Waals surface area contributed by atoms with Crippen LogP contribution in [0.3, 0.4) is 0 Å². The van der Waals surface area contributed by atoms with E-state index in [9.17, 15) is 9.59 Å². The highest BCUT2D eigenvalue weighted by Gasteiger charge is 2.18. The minimum Gasteiger partial charge on any atom is -0.454 e. The highest BCUT2D eigenvalue weighted by molar-refractivity contribution is 5.91. The fraction of sp³-hybridized carbons (Fsp3) is 0.278. The van der Waals surface area contributed by atoms with Crippen LogP contribution in [0.25, 0.3) is 0 Å². The molecular weight excluding hydrogens is 324 g/mol. The first-order valence-corrected chi connectivity index (χ1v) is 7.91. The molecule has 0 saturated heterocycles. The highest BCUT2D eigenvalue weighted by atomic mass is 16.7. The van der Waals surface area contributed by atoms with Crippen molar-refractivity contribution >= 4 is 11.9 Å². The van der Waals surface area contributed by atoms with Crippen LogP contribution in [0, 0.1) is 0 Å². The van der Waals surface area contributed by atoms with Crippen molar-refractivity contribution in [3.63, 3.8) is 0 Å². The molecule has 0 radical (unpaired) electrons. The molecule has 1 amide bonds. The van der Waals surface area contributed by atoms with Crippen molar-refractivity contribution < 1.29 is 23.8 Å². The summed E-state index contributed by atoms with van der Waals surface area (Å²) in [5, 5.41) is 0. The zero-order chi connectivity index (χ0) is 17.6. The minimum atomic E-state index is -0.546. The quantitative estimate of drug-likeness (QED) is 0.748. The number of fused-ring (bicyclic) bond motifs is 1. The van der Waals surface area contributed by atoms with Crippen molar-refractivity contribution in [2.45, 2.75) is 13.5 Å². The lowest BCUT2D eigenvalue weighted by atomic mass is 10.2. The van der Waals surface area contributed by atoms with Gasteiger partial charge in [0.1, 0.15) is 0 Å². The molecule has 0 unspecified atom stereocenters. The lowest BCUT2D eigenvalue weighted by Gasteiger charge is -2.21. The summed E-state index contributed by atoms with van der Waals surface area (Å²) in [7, 11) is 0. The molecule has 0 bridgehead atoms. The number of amides is 1. The molecule has 1 aliphatic rings. The van der Waals surface area contributed by atoms with Gasteiger partial charge in [-0.1, -0.05) is 6.07 Å². The van der Waals surface area contributed by atoms with Crippen LogP contribution in [-0.2, 0) is 16.1 Å². The molecule has 1 aliphatic heterocycles. The van der Waals surface area contributed by atoms with Gasteiger partial charge in [-0.05, 0) is 36.8 Å². The average Bonchev–Trinajstić information content (AvgIpc) is 3.12. The van der Waals surface area contributed by atoms with Crippen molar-refractivity contribution in [3.05, 3.63) is 53.9 Å². The Balaban J connectivity index is 1.57. The molecule has 0 N–H and O–H groups in total. The summed E-state index contributed by atoms with van der Waals surface area (Å²) in [6, 6.07) is 8.63. The Bertz CT molecular complexity index is 763. The third kappa shape index (κ3) is 4.06. The van der Waals surface area contributed by atoms with E-state index in [4.69, 9.17) is 14.2 Å². The summed E-state index contributed by atoms with van der Waals surface area (Å²) in [4.78, 5) is 29.7. The van der Waals surface area contributed by atoms with Gasteiger partial charge in [-0.3, -0.25) is 9.78 Å². The number of esters is 1. The minimum absolute atomic E-state index is 0.208. The number of carbonyl (C=O) groups is 2. The van der Waals surface area contributed by atoms with Crippen LogP contribution in [-0.4, -0.2) is 41.7 Å². The Hall–Kier alpha value is -3.09. The number of hydrogen-bond donors (Lipinski definition) is 0. The number of benzene rings is 1. The number of rotatable bonds is 6. The van der Waals surface area contributed by atoms with Crippen LogP contribution >= 0.6 is 0 Å². The van der Waals surface area contributed by atoms with E-state index in [0.29, 0.717) is 30.2 Å². The first-order valence-electron chi connectivity index (χ1n) is 7.91. The fourth-order valence-corrected chi connectivity index (χ4v) is 2.43. The van der Waals surface area contributed by atoms with Gasteiger partial charge in [-0.15, -0.1) is 0 Å². The molecule has 2 aromatic rings. The van der Waals surface area contributed by atoms with E-state index in [1.165, 1.54) is 24.5 Å². The standard InChI is InChI=1S/C18H18N2O5/c1-2-20(10-13-3-4-15-16(9-13)25-12-24-15)17(21)11-23-18(22)14-5-7-19-8-6-14/h3-9H,2,10-12H2,1H3. The second-order valence-electron chi connectivity index (χ2n) is 5.41. The van der Waals surface area contributed by atoms with E-state index < -0.39 is 5.97 Å². The monoisotopic (exact) mass is 342 g/mol. The molecule has 0 saturated carbocycles. The molecule has 130 valence electrons. The van der Waals surface area contributed by atoms with Crippen LogP contribution in [0.15, 0.2) is 42.7 Å². The molecular formula is C18H18N2O5. The summed E-state index contributed by atoms with van der Waals surface area (Å²) in [5.74, 6) is 0.562. The van der Waals surface area contributed by atoms with Crippen molar-refractivity contribution in [2.24, 2.45) is 0 Å². The van der Waals surface area contributed by atoms with Gasteiger partial charge in [0.25, 0.3) is 5.91 Å². The number of nitrogens with zero attached hydrogens (tertiary/aromatic N) is 2. The van der Waals surface area contributed by atoms with Gasteiger partial charge in [0, 0.05) is 25.5 Å².